The number of carbonyl (C=O) groups excluding carboxylic acids is 1. The van der Waals surface area contributed by atoms with E-state index >= 15 is 0 Å². The molecule has 2 heterocycles. The Balaban J connectivity index is 1.70. The Labute approximate surface area is 184 Å². The number of sulfonamides is 1. The van der Waals surface area contributed by atoms with Crippen molar-refractivity contribution in [2.24, 2.45) is 4.40 Å². The molecule has 0 saturated carbocycles. The third kappa shape index (κ3) is 4.37. The minimum Gasteiger partial charge on any atom is -0.332 e. The number of hydrogen-bond donors (Lipinski definition) is 0. The van der Waals surface area contributed by atoms with Gasteiger partial charge in [0.25, 0.3) is 15.9 Å². The van der Waals surface area contributed by atoms with Crippen molar-refractivity contribution in [1.29, 1.82) is 0 Å². The van der Waals surface area contributed by atoms with Gasteiger partial charge in [0.05, 0.1) is 5.69 Å². The second-order valence-corrected chi connectivity index (χ2v) is 9.88. The molecule has 2 aromatic rings. The second kappa shape index (κ2) is 8.83. The Morgan fingerprint density at radius 2 is 1.90 bits per heavy atom. The fourth-order valence-corrected chi connectivity index (χ4v) is 5.49. The van der Waals surface area contributed by atoms with Crippen molar-refractivity contribution in [3.05, 3.63) is 59.7 Å². The predicted molar refractivity (Wildman–Crippen MR) is 123 cm³/mol. The first kappa shape index (κ1) is 21.6. The van der Waals surface area contributed by atoms with E-state index in [1.54, 1.807) is 12.1 Å². The van der Waals surface area contributed by atoms with Gasteiger partial charge in [-0.1, -0.05) is 43.7 Å². The lowest BCUT2D eigenvalue weighted by atomic mass is 10.1. The molecule has 1 atom stereocenters. The number of hydrogen-bond acceptors (Lipinski definition) is 4. The standard InChI is InChI=1S/C24H29N3O3S/c1-3-18(2)27(17-19-10-6-4-7-11-19)24(28)20-13-14-21-22(16-20)31(29,30)25-23-12-8-5-9-15-26(21)23/h4,6-7,10-11,13-14,16,18H,3,5,8-9,12,15,17H2,1-2H3. The van der Waals surface area contributed by atoms with Crippen LogP contribution in [0.1, 0.15) is 61.9 Å². The highest BCUT2D eigenvalue weighted by molar-refractivity contribution is 7.90. The number of nitrogens with zero attached hydrogens (tertiary/aromatic N) is 3. The number of rotatable bonds is 5. The van der Waals surface area contributed by atoms with E-state index < -0.39 is 10.0 Å². The van der Waals surface area contributed by atoms with Crippen molar-refractivity contribution in [2.75, 3.05) is 11.4 Å². The van der Waals surface area contributed by atoms with Crippen molar-refractivity contribution in [2.45, 2.75) is 63.4 Å². The third-order valence-electron chi connectivity index (χ3n) is 6.17. The van der Waals surface area contributed by atoms with Crippen LogP contribution in [0.4, 0.5) is 5.69 Å². The zero-order valence-electron chi connectivity index (χ0n) is 18.1. The van der Waals surface area contributed by atoms with E-state index in [4.69, 9.17) is 0 Å². The summed E-state index contributed by atoms with van der Waals surface area (Å²) in [6.07, 6.45) is 4.48. The normalized spacial score (nSPS) is 18.3. The molecule has 31 heavy (non-hydrogen) atoms. The van der Waals surface area contributed by atoms with Crippen LogP contribution in [0.15, 0.2) is 57.8 Å². The number of carbonyl (C=O) groups is 1. The smallest absolute Gasteiger partial charge is 0.286 e. The molecule has 2 aliphatic rings. The van der Waals surface area contributed by atoms with Crippen molar-refractivity contribution in [3.8, 4) is 0 Å². The molecule has 0 spiro atoms. The van der Waals surface area contributed by atoms with Gasteiger partial charge < -0.3 is 9.80 Å². The summed E-state index contributed by atoms with van der Waals surface area (Å²) in [7, 11) is -3.82. The van der Waals surface area contributed by atoms with Crippen LogP contribution < -0.4 is 4.90 Å². The Bertz CT molecular complexity index is 1100. The molecule has 6 nitrogen and oxygen atoms in total. The van der Waals surface area contributed by atoms with E-state index in [0.717, 1.165) is 37.8 Å². The third-order valence-corrected chi connectivity index (χ3v) is 7.51. The molecule has 0 bridgehead atoms. The average Bonchev–Trinajstić information content (AvgIpc) is 3.02. The van der Waals surface area contributed by atoms with Gasteiger partial charge in [0.2, 0.25) is 0 Å². The summed E-state index contributed by atoms with van der Waals surface area (Å²) in [5.74, 6) is 0.455. The van der Waals surface area contributed by atoms with Gasteiger partial charge in [-0.2, -0.15) is 8.42 Å². The van der Waals surface area contributed by atoms with Gasteiger partial charge in [0.15, 0.2) is 0 Å². The zero-order chi connectivity index (χ0) is 22.0. The van der Waals surface area contributed by atoms with Gasteiger partial charge in [0, 0.05) is 31.1 Å². The highest BCUT2D eigenvalue weighted by Gasteiger charge is 2.33. The number of amides is 1. The molecule has 1 unspecified atom stereocenters. The molecule has 0 aromatic heterocycles. The lowest BCUT2D eigenvalue weighted by Gasteiger charge is -2.31. The molecule has 1 saturated heterocycles. The lowest BCUT2D eigenvalue weighted by Crippen LogP contribution is -2.38. The van der Waals surface area contributed by atoms with Crippen LogP contribution in [0.2, 0.25) is 0 Å². The van der Waals surface area contributed by atoms with Crippen LogP contribution in [0, 0.1) is 0 Å². The highest BCUT2D eigenvalue weighted by atomic mass is 32.2. The summed E-state index contributed by atoms with van der Waals surface area (Å²) in [6.45, 7) is 5.29. The largest absolute Gasteiger partial charge is 0.332 e. The fraction of sp³-hybridized carbons (Fsp3) is 0.417. The van der Waals surface area contributed by atoms with Gasteiger partial charge in [-0.15, -0.1) is 4.40 Å². The Morgan fingerprint density at radius 1 is 1.13 bits per heavy atom. The summed E-state index contributed by atoms with van der Waals surface area (Å²) in [6, 6.07) is 14.9. The van der Waals surface area contributed by atoms with Gasteiger partial charge in [-0.3, -0.25) is 4.79 Å². The minimum atomic E-state index is -3.82. The first-order valence-corrected chi connectivity index (χ1v) is 12.4. The minimum absolute atomic E-state index is 0.0237. The topological polar surface area (TPSA) is 70.0 Å². The van der Waals surface area contributed by atoms with Crippen molar-refractivity contribution in [3.63, 3.8) is 0 Å². The average molecular weight is 440 g/mol. The van der Waals surface area contributed by atoms with Crippen LogP contribution >= 0.6 is 0 Å². The summed E-state index contributed by atoms with van der Waals surface area (Å²) in [5.41, 5.74) is 2.06. The summed E-state index contributed by atoms with van der Waals surface area (Å²) >= 11 is 0. The maximum Gasteiger partial charge on any atom is 0.286 e. The monoisotopic (exact) mass is 439 g/mol. The van der Waals surface area contributed by atoms with E-state index in [9.17, 15) is 13.2 Å². The molecule has 2 aromatic carbocycles. The maximum absolute atomic E-state index is 13.5. The summed E-state index contributed by atoms with van der Waals surface area (Å²) in [4.78, 5) is 17.4. The fourth-order valence-electron chi connectivity index (χ4n) is 4.21. The Morgan fingerprint density at radius 3 is 2.65 bits per heavy atom. The SMILES string of the molecule is CCC(C)N(Cc1ccccc1)C(=O)c1ccc2c(c1)S(=O)(=O)N=C1CCCCCN12. The van der Waals surface area contributed by atoms with Gasteiger partial charge in [0.1, 0.15) is 10.7 Å². The zero-order valence-corrected chi connectivity index (χ0v) is 18.9. The Hall–Kier alpha value is -2.67. The van der Waals surface area contributed by atoms with E-state index in [1.807, 2.05) is 54.0 Å². The molecular formula is C24H29N3O3S. The first-order valence-electron chi connectivity index (χ1n) is 11.0. The Kier molecular flexibility index (Phi) is 6.14. The van der Waals surface area contributed by atoms with E-state index in [2.05, 4.69) is 4.40 Å². The van der Waals surface area contributed by atoms with Crippen molar-refractivity contribution < 1.29 is 13.2 Å². The number of anilines is 1. The molecule has 0 aliphatic carbocycles. The van der Waals surface area contributed by atoms with Crippen LogP contribution in [0.3, 0.4) is 0 Å². The first-order chi connectivity index (χ1) is 14.9. The van der Waals surface area contributed by atoms with Gasteiger partial charge in [-0.05, 0) is 49.9 Å². The van der Waals surface area contributed by atoms with Crippen LogP contribution in [0.25, 0.3) is 0 Å². The molecule has 164 valence electrons. The summed E-state index contributed by atoms with van der Waals surface area (Å²) in [5, 5.41) is 0. The van der Waals surface area contributed by atoms with E-state index in [-0.39, 0.29) is 16.8 Å². The predicted octanol–water partition coefficient (Wildman–Crippen LogP) is 4.61. The lowest BCUT2D eigenvalue weighted by molar-refractivity contribution is 0.0671. The molecular weight excluding hydrogens is 410 g/mol. The number of fused-ring (bicyclic) bond motifs is 3. The second-order valence-electron chi connectivity index (χ2n) is 8.30. The summed E-state index contributed by atoms with van der Waals surface area (Å²) < 4.78 is 29.9. The highest BCUT2D eigenvalue weighted by Crippen LogP contribution is 2.35. The number of benzene rings is 2. The molecule has 1 amide bonds. The molecule has 0 N–H and O–H groups in total. The molecule has 7 heteroatoms. The molecule has 4 rings (SSSR count). The van der Waals surface area contributed by atoms with Crippen LogP contribution in [-0.2, 0) is 16.6 Å². The number of amidine groups is 1. The van der Waals surface area contributed by atoms with E-state index in [0.29, 0.717) is 30.1 Å². The maximum atomic E-state index is 13.5. The van der Waals surface area contributed by atoms with E-state index in [1.165, 1.54) is 6.07 Å². The molecule has 2 aliphatic heterocycles. The quantitative estimate of drug-likeness (QED) is 0.682. The molecule has 1 fully saturated rings. The van der Waals surface area contributed by atoms with Crippen LogP contribution in [0.5, 0.6) is 0 Å². The van der Waals surface area contributed by atoms with Gasteiger partial charge >= 0.3 is 0 Å². The van der Waals surface area contributed by atoms with Crippen LogP contribution in [-0.4, -0.2) is 37.6 Å². The van der Waals surface area contributed by atoms with Crippen molar-refractivity contribution >= 4 is 27.5 Å². The van der Waals surface area contributed by atoms with Gasteiger partial charge in [-0.25, -0.2) is 0 Å². The van der Waals surface area contributed by atoms with Crippen molar-refractivity contribution in [1.82, 2.24) is 4.90 Å². The molecule has 0 radical (unpaired) electrons.